The van der Waals surface area contributed by atoms with E-state index >= 15 is 0 Å². The Morgan fingerprint density at radius 2 is 1.77 bits per heavy atom. The van der Waals surface area contributed by atoms with Crippen molar-refractivity contribution in [2.45, 2.75) is 6.04 Å². The lowest BCUT2D eigenvalue weighted by Gasteiger charge is -2.44. The molecule has 0 spiro atoms. The molecule has 0 bridgehead atoms. The number of nitrogens with zero attached hydrogens (tertiary/aromatic N) is 5. The lowest BCUT2D eigenvalue weighted by Crippen LogP contribution is -2.60. The van der Waals surface area contributed by atoms with Crippen LogP contribution in [-0.4, -0.2) is 52.2 Å². The maximum absolute atomic E-state index is 12.4. The van der Waals surface area contributed by atoms with Gasteiger partial charge in [-0.3, -0.25) is 9.78 Å². The van der Waals surface area contributed by atoms with E-state index in [1.807, 2.05) is 55.6 Å². The van der Waals surface area contributed by atoms with Crippen molar-refractivity contribution in [1.29, 1.82) is 0 Å². The topological polar surface area (TPSA) is 62.2 Å². The third kappa shape index (κ3) is 3.13. The monoisotopic (exact) mass is 345 g/mol. The van der Waals surface area contributed by atoms with Crippen molar-refractivity contribution in [2.75, 3.05) is 25.0 Å². The van der Waals surface area contributed by atoms with E-state index in [-0.39, 0.29) is 11.9 Å². The molecular weight excluding hydrogens is 326 g/mol. The number of likely N-dealkylation sites (N-methyl/N-ethyl adjacent to an activating group) is 1. The van der Waals surface area contributed by atoms with Gasteiger partial charge in [0.2, 0.25) is 0 Å². The fourth-order valence-electron chi connectivity index (χ4n) is 2.98. The summed E-state index contributed by atoms with van der Waals surface area (Å²) in [5.74, 6) is 0.778. The van der Waals surface area contributed by atoms with Crippen molar-refractivity contribution >= 4 is 11.7 Å². The number of hydrogen-bond donors (Lipinski definition) is 0. The van der Waals surface area contributed by atoms with Gasteiger partial charge in [-0.05, 0) is 24.3 Å². The Labute approximate surface area is 152 Å². The van der Waals surface area contributed by atoms with Crippen molar-refractivity contribution in [2.24, 2.45) is 0 Å². The van der Waals surface area contributed by atoms with Gasteiger partial charge in [0.1, 0.15) is 5.69 Å². The normalized spacial score (nSPS) is 14.0. The zero-order valence-corrected chi connectivity index (χ0v) is 14.5. The number of carbonyl (C=O) groups is 1. The van der Waals surface area contributed by atoms with Crippen LogP contribution in [0, 0.1) is 0 Å². The molecule has 26 heavy (non-hydrogen) atoms. The van der Waals surface area contributed by atoms with E-state index in [0.29, 0.717) is 5.69 Å². The standard InChI is InChI=1S/C20H19N5O/c1-24(20(26)18-9-5-6-12-21-18)16-13-25(14-16)19-11-10-17(22-23-19)15-7-3-2-4-8-15/h2-12,16H,13-14H2,1H3. The smallest absolute Gasteiger partial charge is 0.272 e. The number of aromatic nitrogens is 3. The minimum Gasteiger partial charge on any atom is -0.351 e. The average Bonchev–Trinajstić information content (AvgIpc) is 2.68. The van der Waals surface area contributed by atoms with Crippen LogP contribution in [0.2, 0.25) is 0 Å². The Balaban J connectivity index is 1.38. The predicted octanol–water partition coefficient (Wildman–Crippen LogP) is 2.50. The molecule has 6 heteroatoms. The molecule has 1 aliphatic rings. The summed E-state index contributed by atoms with van der Waals surface area (Å²) in [7, 11) is 1.82. The summed E-state index contributed by atoms with van der Waals surface area (Å²) in [6.45, 7) is 1.49. The molecule has 0 radical (unpaired) electrons. The Hall–Kier alpha value is -3.28. The van der Waals surface area contributed by atoms with Crippen LogP contribution in [0.4, 0.5) is 5.82 Å². The lowest BCUT2D eigenvalue weighted by molar-refractivity contribution is 0.0699. The van der Waals surface area contributed by atoms with Gasteiger partial charge >= 0.3 is 0 Å². The number of pyridine rings is 1. The van der Waals surface area contributed by atoms with Crippen LogP contribution in [0.3, 0.4) is 0 Å². The zero-order chi connectivity index (χ0) is 17.9. The first kappa shape index (κ1) is 16.2. The molecule has 1 saturated heterocycles. The van der Waals surface area contributed by atoms with Gasteiger partial charge < -0.3 is 9.80 Å². The second-order valence-corrected chi connectivity index (χ2v) is 6.33. The summed E-state index contributed by atoms with van der Waals surface area (Å²) >= 11 is 0. The lowest BCUT2D eigenvalue weighted by atomic mass is 10.1. The van der Waals surface area contributed by atoms with E-state index in [0.717, 1.165) is 30.2 Å². The molecule has 0 aliphatic carbocycles. The second kappa shape index (κ2) is 6.92. The molecule has 2 aromatic heterocycles. The summed E-state index contributed by atoms with van der Waals surface area (Å²) < 4.78 is 0. The highest BCUT2D eigenvalue weighted by molar-refractivity contribution is 5.92. The quantitative estimate of drug-likeness (QED) is 0.727. The van der Waals surface area contributed by atoms with Gasteiger partial charge in [0.05, 0.1) is 11.7 Å². The largest absolute Gasteiger partial charge is 0.351 e. The molecule has 130 valence electrons. The van der Waals surface area contributed by atoms with Gasteiger partial charge in [0.25, 0.3) is 5.91 Å². The van der Waals surface area contributed by atoms with Gasteiger partial charge in [-0.2, -0.15) is 0 Å². The molecule has 3 aromatic rings. The number of hydrogen-bond acceptors (Lipinski definition) is 5. The first-order chi connectivity index (χ1) is 12.7. The average molecular weight is 345 g/mol. The summed E-state index contributed by atoms with van der Waals surface area (Å²) in [6, 6.07) is 19.5. The highest BCUT2D eigenvalue weighted by atomic mass is 16.2. The maximum atomic E-state index is 12.4. The van der Waals surface area contributed by atoms with Gasteiger partial charge in [0, 0.05) is 31.9 Å². The molecule has 3 heterocycles. The second-order valence-electron chi connectivity index (χ2n) is 6.33. The Bertz CT molecular complexity index is 877. The molecule has 1 aliphatic heterocycles. The number of amides is 1. The maximum Gasteiger partial charge on any atom is 0.272 e. The third-order valence-corrected chi connectivity index (χ3v) is 4.66. The van der Waals surface area contributed by atoms with Crippen LogP contribution in [0.1, 0.15) is 10.5 Å². The van der Waals surface area contributed by atoms with Gasteiger partial charge in [-0.25, -0.2) is 0 Å². The SMILES string of the molecule is CN(C(=O)c1ccccn1)C1CN(c2ccc(-c3ccccc3)nn2)C1. The van der Waals surface area contributed by atoms with Gasteiger partial charge in [-0.15, -0.1) is 10.2 Å². The van der Waals surface area contributed by atoms with Crippen molar-refractivity contribution in [3.05, 3.63) is 72.6 Å². The van der Waals surface area contributed by atoms with Crippen LogP contribution in [-0.2, 0) is 0 Å². The van der Waals surface area contributed by atoms with E-state index in [1.54, 1.807) is 23.2 Å². The van der Waals surface area contributed by atoms with E-state index < -0.39 is 0 Å². The number of benzene rings is 1. The summed E-state index contributed by atoms with van der Waals surface area (Å²) in [5, 5.41) is 8.66. The van der Waals surface area contributed by atoms with Crippen LogP contribution < -0.4 is 4.90 Å². The summed E-state index contributed by atoms with van der Waals surface area (Å²) in [5.41, 5.74) is 2.38. The number of carbonyl (C=O) groups excluding carboxylic acids is 1. The predicted molar refractivity (Wildman–Crippen MR) is 99.8 cm³/mol. The first-order valence-corrected chi connectivity index (χ1v) is 8.54. The molecule has 0 N–H and O–H groups in total. The number of rotatable bonds is 4. The molecule has 1 aromatic carbocycles. The van der Waals surface area contributed by atoms with E-state index in [9.17, 15) is 4.79 Å². The molecule has 0 saturated carbocycles. The van der Waals surface area contributed by atoms with Gasteiger partial charge in [-0.1, -0.05) is 36.4 Å². The molecule has 1 amide bonds. The molecule has 0 unspecified atom stereocenters. The van der Waals surface area contributed by atoms with Crippen LogP contribution in [0.15, 0.2) is 66.9 Å². The first-order valence-electron chi connectivity index (χ1n) is 8.54. The summed E-state index contributed by atoms with van der Waals surface area (Å²) in [6.07, 6.45) is 1.64. The fourth-order valence-corrected chi connectivity index (χ4v) is 2.98. The van der Waals surface area contributed by atoms with Crippen LogP contribution >= 0.6 is 0 Å². The van der Waals surface area contributed by atoms with Gasteiger partial charge in [0.15, 0.2) is 5.82 Å². The highest BCUT2D eigenvalue weighted by Crippen LogP contribution is 2.23. The molecular formula is C20H19N5O. The Kier molecular flexibility index (Phi) is 4.31. The minimum atomic E-state index is -0.0549. The van der Waals surface area contributed by atoms with Crippen molar-refractivity contribution in [3.63, 3.8) is 0 Å². The van der Waals surface area contributed by atoms with E-state index in [4.69, 9.17) is 0 Å². The van der Waals surface area contributed by atoms with Crippen molar-refractivity contribution in [1.82, 2.24) is 20.1 Å². The van der Waals surface area contributed by atoms with E-state index in [1.165, 1.54) is 0 Å². The molecule has 4 rings (SSSR count). The molecule has 0 atom stereocenters. The Morgan fingerprint density at radius 3 is 2.42 bits per heavy atom. The molecule has 6 nitrogen and oxygen atoms in total. The van der Waals surface area contributed by atoms with Crippen LogP contribution in [0.5, 0.6) is 0 Å². The third-order valence-electron chi connectivity index (χ3n) is 4.66. The van der Waals surface area contributed by atoms with Crippen molar-refractivity contribution < 1.29 is 4.79 Å². The van der Waals surface area contributed by atoms with Crippen molar-refractivity contribution in [3.8, 4) is 11.3 Å². The Morgan fingerprint density at radius 1 is 1.00 bits per heavy atom. The van der Waals surface area contributed by atoms with E-state index in [2.05, 4.69) is 20.1 Å². The molecule has 1 fully saturated rings. The summed E-state index contributed by atoms with van der Waals surface area (Å²) in [4.78, 5) is 20.4. The highest BCUT2D eigenvalue weighted by Gasteiger charge is 2.34. The zero-order valence-electron chi connectivity index (χ0n) is 14.5. The fraction of sp³-hybridized carbons (Fsp3) is 0.200. The van der Waals surface area contributed by atoms with Crippen LogP contribution in [0.25, 0.3) is 11.3 Å². The minimum absolute atomic E-state index is 0.0549. The number of anilines is 1.